The molecule has 1 saturated heterocycles. The summed E-state index contributed by atoms with van der Waals surface area (Å²) in [6.07, 6.45) is 3.68. The van der Waals surface area contributed by atoms with Crippen molar-refractivity contribution in [1.82, 2.24) is 5.32 Å². The van der Waals surface area contributed by atoms with E-state index in [0.717, 1.165) is 37.9 Å². The number of anilines is 2. The normalized spacial score (nSPS) is 19.2. The lowest BCUT2D eigenvalue weighted by atomic mass is 10.1. The van der Waals surface area contributed by atoms with Gasteiger partial charge < -0.3 is 20.3 Å². The zero-order valence-corrected chi connectivity index (χ0v) is 15.2. The van der Waals surface area contributed by atoms with Gasteiger partial charge in [-0.2, -0.15) is 0 Å². The maximum atomic E-state index is 12.2. The molecule has 1 fully saturated rings. The summed E-state index contributed by atoms with van der Waals surface area (Å²) in [4.78, 5) is 38.3. The SMILES string of the molecule is CCC[C@H](C)NC(=O)COC(=O)c1ccc2c(c1)NC(=O)[C@@H]1CCCN21. The van der Waals surface area contributed by atoms with Crippen molar-refractivity contribution in [3.8, 4) is 0 Å². The molecular formula is C19H25N3O4. The van der Waals surface area contributed by atoms with Crippen LogP contribution in [0.1, 0.15) is 49.9 Å². The van der Waals surface area contributed by atoms with E-state index < -0.39 is 5.97 Å². The van der Waals surface area contributed by atoms with E-state index in [1.807, 2.05) is 19.9 Å². The molecule has 2 atom stereocenters. The van der Waals surface area contributed by atoms with E-state index in [-0.39, 0.29) is 30.5 Å². The van der Waals surface area contributed by atoms with Gasteiger partial charge in [-0.05, 0) is 44.4 Å². The molecule has 0 radical (unpaired) electrons. The molecule has 7 nitrogen and oxygen atoms in total. The van der Waals surface area contributed by atoms with Gasteiger partial charge in [0.2, 0.25) is 5.91 Å². The van der Waals surface area contributed by atoms with Gasteiger partial charge in [-0.25, -0.2) is 4.79 Å². The first kappa shape index (κ1) is 18.2. The van der Waals surface area contributed by atoms with Crippen LogP contribution in [0.2, 0.25) is 0 Å². The fourth-order valence-corrected chi connectivity index (χ4v) is 3.59. The van der Waals surface area contributed by atoms with Crippen LogP contribution in [0.15, 0.2) is 18.2 Å². The first-order chi connectivity index (χ1) is 12.5. The van der Waals surface area contributed by atoms with Crippen molar-refractivity contribution in [2.45, 2.75) is 51.6 Å². The first-order valence-electron chi connectivity index (χ1n) is 9.17. The van der Waals surface area contributed by atoms with Gasteiger partial charge >= 0.3 is 5.97 Å². The smallest absolute Gasteiger partial charge is 0.338 e. The van der Waals surface area contributed by atoms with E-state index in [1.165, 1.54) is 0 Å². The van der Waals surface area contributed by atoms with Crippen LogP contribution in [-0.2, 0) is 14.3 Å². The molecule has 2 amide bonds. The maximum absolute atomic E-state index is 12.2. The third kappa shape index (κ3) is 3.81. The van der Waals surface area contributed by atoms with E-state index >= 15 is 0 Å². The molecule has 2 aliphatic heterocycles. The fraction of sp³-hybridized carbons (Fsp3) is 0.526. The number of rotatable bonds is 6. The molecular weight excluding hydrogens is 334 g/mol. The van der Waals surface area contributed by atoms with Crippen LogP contribution in [-0.4, -0.2) is 43.0 Å². The monoisotopic (exact) mass is 359 g/mol. The number of hydrogen-bond acceptors (Lipinski definition) is 5. The third-order valence-corrected chi connectivity index (χ3v) is 4.82. The topological polar surface area (TPSA) is 87.7 Å². The molecule has 0 spiro atoms. The van der Waals surface area contributed by atoms with E-state index in [2.05, 4.69) is 15.5 Å². The molecule has 0 bridgehead atoms. The number of carbonyl (C=O) groups excluding carboxylic acids is 3. The Bertz CT molecular complexity index is 719. The largest absolute Gasteiger partial charge is 0.452 e. The van der Waals surface area contributed by atoms with E-state index in [0.29, 0.717) is 11.3 Å². The van der Waals surface area contributed by atoms with Crippen molar-refractivity contribution in [2.75, 3.05) is 23.4 Å². The van der Waals surface area contributed by atoms with Gasteiger partial charge in [-0.15, -0.1) is 0 Å². The van der Waals surface area contributed by atoms with Crippen LogP contribution in [0.4, 0.5) is 11.4 Å². The van der Waals surface area contributed by atoms with Gasteiger partial charge in [0.1, 0.15) is 6.04 Å². The minimum absolute atomic E-state index is 0.0372. The predicted octanol–water partition coefficient (Wildman–Crippen LogP) is 2.07. The summed E-state index contributed by atoms with van der Waals surface area (Å²) in [5.41, 5.74) is 1.86. The number of hydrogen-bond donors (Lipinski definition) is 2. The predicted molar refractivity (Wildman–Crippen MR) is 98.2 cm³/mol. The fourth-order valence-electron chi connectivity index (χ4n) is 3.59. The van der Waals surface area contributed by atoms with Crippen LogP contribution in [0.5, 0.6) is 0 Å². The number of carbonyl (C=O) groups is 3. The lowest BCUT2D eigenvalue weighted by molar-refractivity contribution is -0.124. The van der Waals surface area contributed by atoms with Crippen molar-refractivity contribution < 1.29 is 19.1 Å². The molecule has 0 saturated carbocycles. The van der Waals surface area contributed by atoms with Crippen LogP contribution in [0, 0.1) is 0 Å². The van der Waals surface area contributed by atoms with Crippen LogP contribution >= 0.6 is 0 Å². The van der Waals surface area contributed by atoms with Crippen molar-refractivity contribution in [3.63, 3.8) is 0 Å². The summed E-state index contributed by atoms with van der Waals surface area (Å²) in [6, 6.07) is 5.05. The minimum atomic E-state index is -0.580. The first-order valence-corrected chi connectivity index (χ1v) is 9.17. The van der Waals surface area contributed by atoms with Gasteiger partial charge in [0.05, 0.1) is 16.9 Å². The van der Waals surface area contributed by atoms with E-state index in [9.17, 15) is 14.4 Å². The van der Waals surface area contributed by atoms with Gasteiger partial charge in [-0.1, -0.05) is 13.3 Å². The quantitative estimate of drug-likeness (QED) is 0.759. The lowest BCUT2D eigenvalue weighted by Crippen LogP contribution is -2.43. The molecule has 2 aliphatic rings. The highest BCUT2D eigenvalue weighted by Gasteiger charge is 2.36. The van der Waals surface area contributed by atoms with Crippen molar-refractivity contribution in [3.05, 3.63) is 23.8 Å². The van der Waals surface area contributed by atoms with E-state index in [1.54, 1.807) is 12.1 Å². The Morgan fingerprint density at radius 2 is 2.23 bits per heavy atom. The third-order valence-electron chi connectivity index (χ3n) is 4.82. The number of esters is 1. The number of fused-ring (bicyclic) bond motifs is 3. The van der Waals surface area contributed by atoms with Crippen LogP contribution < -0.4 is 15.5 Å². The average Bonchev–Trinajstić information content (AvgIpc) is 3.10. The number of benzene rings is 1. The summed E-state index contributed by atoms with van der Waals surface area (Å²) < 4.78 is 5.10. The zero-order chi connectivity index (χ0) is 18.7. The Morgan fingerprint density at radius 3 is 3.00 bits per heavy atom. The summed E-state index contributed by atoms with van der Waals surface area (Å²) in [7, 11) is 0. The summed E-state index contributed by atoms with van der Waals surface area (Å²) >= 11 is 0. The zero-order valence-electron chi connectivity index (χ0n) is 15.2. The second kappa shape index (κ2) is 7.76. The number of nitrogens with one attached hydrogen (secondary N) is 2. The molecule has 2 N–H and O–H groups in total. The van der Waals surface area contributed by atoms with Crippen molar-refractivity contribution in [1.29, 1.82) is 0 Å². The highest BCUT2D eigenvalue weighted by molar-refractivity contribution is 6.05. The van der Waals surface area contributed by atoms with Crippen molar-refractivity contribution in [2.24, 2.45) is 0 Å². The maximum Gasteiger partial charge on any atom is 0.338 e. The lowest BCUT2D eigenvalue weighted by Gasteiger charge is -2.33. The highest BCUT2D eigenvalue weighted by atomic mass is 16.5. The molecule has 7 heteroatoms. The number of ether oxygens (including phenoxy) is 1. The number of amides is 2. The highest BCUT2D eigenvalue weighted by Crippen LogP contribution is 2.37. The summed E-state index contributed by atoms with van der Waals surface area (Å²) in [5, 5.41) is 5.65. The Labute approximate surface area is 153 Å². The molecule has 3 rings (SSSR count). The average molecular weight is 359 g/mol. The van der Waals surface area contributed by atoms with Crippen LogP contribution in [0.3, 0.4) is 0 Å². The Balaban J connectivity index is 1.62. The molecule has 0 unspecified atom stereocenters. The molecule has 1 aromatic rings. The summed E-state index contributed by atoms with van der Waals surface area (Å²) in [5.74, 6) is -0.931. The molecule has 140 valence electrons. The van der Waals surface area contributed by atoms with Gasteiger partial charge in [0, 0.05) is 12.6 Å². The Morgan fingerprint density at radius 1 is 1.42 bits per heavy atom. The molecule has 2 heterocycles. The Hall–Kier alpha value is -2.57. The molecule has 1 aromatic carbocycles. The molecule has 0 aliphatic carbocycles. The molecule has 0 aromatic heterocycles. The number of nitrogens with zero attached hydrogens (tertiary/aromatic N) is 1. The van der Waals surface area contributed by atoms with Gasteiger partial charge in [0.25, 0.3) is 5.91 Å². The van der Waals surface area contributed by atoms with Gasteiger partial charge in [0.15, 0.2) is 6.61 Å². The summed E-state index contributed by atoms with van der Waals surface area (Å²) in [6.45, 7) is 4.48. The van der Waals surface area contributed by atoms with Crippen LogP contribution in [0.25, 0.3) is 0 Å². The standard InChI is InChI=1S/C19H25N3O4/c1-3-5-12(2)20-17(23)11-26-19(25)13-7-8-15-14(10-13)21-18(24)16-6-4-9-22(15)16/h7-8,10,12,16H,3-6,9,11H2,1-2H3,(H,20,23)(H,21,24)/t12-,16-/m0/s1. The second-order valence-electron chi connectivity index (χ2n) is 6.91. The molecule has 26 heavy (non-hydrogen) atoms. The second-order valence-corrected chi connectivity index (χ2v) is 6.91. The minimum Gasteiger partial charge on any atom is -0.452 e. The van der Waals surface area contributed by atoms with Crippen molar-refractivity contribution >= 4 is 29.2 Å². The van der Waals surface area contributed by atoms with Gasteiger partial charge in [-0.3, -0.25) is 9.59 Å². The Kier molecular flexibility index (Phi) is 5.44. The van der Waals surface area contributed by atoms with E-state index in [4.69, 9.17) is 4.74 Å².